The number of Topliss-reactive ketones (excluding diaryl/α,β-unsaturated/α-hetero) is 1. The van der Waals surface area contributed by atoms with E-state index in [2.05, 4.69) is 10.2 Å². The molecule has 108 valence electrons. The van der Waals surface area contributed by atoms with Crippen LogP contribution in [0.2, 0.25) is 0 Å². The number of nitrogens with zero attached hydrogens (tertiary/aromatic N) is 2. The second-order valence-corrected chi connectivity index (χ2v) is 4.53. The first-order valence-corrected chi connectivity index (χ1v) is 6.62. The van der Waals surface area contributed by atoms with Gasteiger partial charge >= 0.3 is 0 Å². The van der Waals surface area contributed by atoms with Crippen LogP contribution >= 0.6 is 0 Å². The Morgan fingerprint density at radius 2 is 1.77 bits per heavy atom. The molecule has 0 aliphatic carbocycles. The van der Waals surface area contributed by atoms with Gasteiger partial charge in [-0.15, -0.1) is 5.11 Å². The third-order valence-electron chi connectivity index (χ3n) is 3.03. The molecular formula is C17H12N2O3. The van der Waals surface area contributed by atoms with E-state index < -0.39 is 5.78 Å². The van der Waals surface area contributed by atoms with Crippen molar-refractivity contribution in [2.45, 2.75) is 0 Å². The molecule has 0 amide bonds. The topological polar surface area (TPSA) is 75.2 Å². The smallest absolute Gasteiger partial charge is 0.251 e. The zero-order valence-corrected chi connectivity index (χ0v) is 11.5. The van der Waals surface area contributed by atoms with Crippen LogP contribution in [-0.4, -0.2) is 10.9 Å². The molecule has 2 aromatic carbocycles. The molecule has 0 saturated carbocycles. The fraction of sp³-hybridized carbons (Fsp3) is 0. The molecule has 1 heterocycles. The van der Waals surface area contributed by atoms with Crippen LogP contribution in [0.1, 0.15) is 10.6 Å². The fourth-order valence-corrected chi connectivity index (χ4v) is 1.96. The lowest BCUT2D eigenvalue weighted by Crippen LogP contribution is -1.99. The SMILES string of the molecule is O=C(/C(=C/O)N=Nc1ccccc1)c1cc2ccccc2o1. The zero-order valence-electron chi connectivity index (χ0n) is 11.5. The summed E-state index contributed by atoms with van der Waals surface area (Å²) in [6, 6.07) is 17.8. The third-order valence-corrected chi connectivity index (χ3v) is 3.03. The number of azo groups is 1. The number of rotatable bonds is 4. The van der Waals surface area contributed by atoms with Crippen molar-refractivity contribution in [1.82, 2.24) is 0 Å². The minimum absolute atomic E-state index is 0.105. The molecule has 22 heavy (non-hydrogen) atoms. The molecule has 1 aromatic heterocycles. The van der Waals surface area contributed by atoms with E-state index >= 15 is 0 Å². The standard InChI is InChI=1S/C17H12N2O3/c20-11-14(19-18-13-7-2-1-3-8-13)17(21)16-10-12-6-4-5-9-15(12)22-16/h1-11,20H/b14-11-,19-18?. The van der Waals surface area contributed by atoms with Crippen LogP contribution < -0.4 is 0 Å². The van der Waals surface area contributed by atoms with Crippen LogP contribution in [0.3, 0.4) is 0 Å². The van der Waals surface area contributed by atoms with Crippen molar-refractivity contribution >= 4 is 22.4 Å². The van der Waals surface area contributed by atoms with Crippen molar-refractivity contribution in [1.29, 1.82) is 0 Å². The molecule has 0 saturated heterocycles. The van der Waals surface area contributed by atoms with E-state index in [0.717, 1.165) is 5.39 Å². The average molecular weight is 292 g/mol. The number of hydrogen-bond donors (Lipinski definition) is 1. The highest BCUT2D eigenvalue weighted by atomic mass is 16.3. The summed E-state index contributed by atoms with van der Waals surface area (Å²) in [5.74, 6) is -0.424. The Balaban J connectivity index is 1.87. The highest BCUT2D eigenvalue weighted by molar-refractivity contribution is 6.08. The minimum atomic E-state index is -0.529. The summed E-state index contributed by atoms with van der Waals surface area (Å²) in [5, 5.41) is 17.7. The maximum atomic E-state index is 12.3. The monoisotopic (exact) mass is 292 g/mol. The number of carbonyl (C=O) groups excluding carboxylic acids is 1. The van der Waals surface area contributed by atoms with Crippen molar-refractivity contribution in [3.63, 3.8) is 0 Å². The summed E-state index contributed by atoms with van der Waals surface area (Å²) in [6.45, 7) is 0. The summed E-state index contributed by atoms with van der Waals surface area (Å²) < 4.78 is 5.46. The molecule has 5 nitrogen and oxygen atoms in total. The lowest BCUT2D eigenvalue weighted by molar-refractivity contribution is 0.100. The number of ketones is 1. The zero-order chi connectivity index (χ0) is 15.4. The lowest BCUT2D eigenvalue weighted by atomic mass is 10.2. The number of benzene rings is 2. The van der Waals surface area contributed by atoms with Crippen molar-refractivity contribution in [3.8, 4) is 0 Å². The van der Waals surface area contributed by atoms with Gasteiger partial charge in [0, 0.05) is 5.39 Å². The molecule has 0 spiro atoms. The average Bonchev–Trinajstić information content (AvgIpc) is 3.00. The van der Waals surface area contributed by atoms with E-state index in [0.29, 0.717) is 17.5 Å². The molecule has 1 N–H and O–H groups in total. The Hall–Kier alpha value is -3.21. The van der Waals surface area contributed by atoms with Gasteiger partial charge in [-0.25, -0.2) is 0 Å². The molecule has 3 aromatic rings. The van der Waals surface area contributed by atoms with Crippen LogP contribution in [-0.2, 0) is 0 Å². The van der Waals surface area contributed by atoms with Gasteiger partial charge in [-0.3, -0.25) is 4.79 Å². The number of aliphatic hydroxyl groups is 1. The molecule has 0 atom stereocenters. The van der Waals surface area contributed by atoms with E-state index in [4.69, 9.17) is 4.42 Å². The summed E-state index contributed by atoms with van der Waals surface area (Å²) >= 11 is 0. The maximum absolute atomic E-state index is 12.3. The van der Waals surface area contributed by atoms with Crippen molar-refractivity contribution in [2.75, 3.05) is 0 Å². The Bertz CT molecular complexity index is 831. The first-order valence-electron chi connectivity index (χ1n) is 6.62. The van der Waals surface area contributed by atoms with Crippen LogP contribution in [0.25, 0.3) is 11.0 Å². The van der Waals surface area contributed by atoms with Crippen LogP contribution in [0.5, 0.6) is 0 Å². The van der Waals surface area contributed by atoms with Gasteiger partial charge in [0.25, 0.3) is 5.78 Å². The predicted molar refractivity (Wildman–Crippen MR) is 82.2 cm³/mol. The van der Waals surface area contributed by atoms with Gasteiger partial charge in [0.2, 0.25) is 0 Å². The van der Waals surface area contributed by atoms with Gasteiger partial charge in [-0.05, 0) is 24.3 Å². The van der Waals surface area contributed by atoms with E-state index in [1.54, 1.807) is 36.4 Å². The second-order valence-electron chi connectivity index (χ2n) is 4.53. The fourth-order valence-electron chi connectivity index (χ4n) is 1.96. The lowest BCUT2D eigenvalue weighted by Gasteiger charge is -1.95. The molecule has 5 heteroatoms. The van der Waals surface area contributed by atoms with Gasteiger partial charge in [-0.2, -0.15) is 5.11 Å². The normalized spacial score (nSPS) is 12.1. The number of furan rings is 1. The Labute approximate surface area is 126 Å². The summed E-state index contributed by atoms with van der Waals surface area (Å²) in [6.07, 6.45) is 0.627. The minimum Gasteiger partial charge on any atom is -0.513 e. The Morgan fingerprint density at radius 1 is 1.05 bits per heavy atom. The van der Waals surface area contributed by atoms with Crippen LogP contribution in [0.15, 0.2) is 87.3 Å². The molecule has 3 rings (SSSR count). The summed E-state index contributed by atoms with van der Waals surface area (Å²) in [7, 11) is 0. The van der Waals surface area contributed by atoms with Crippen molar-refractivity contribution < 1.29 is 14.3 Å². The van der Waals surface area contributed by atoms with Crippen molar-refractivity contribution in [2.24, 2.45) is 10.2 Å². The molecule has 0 radical (unpaired) electrons. The Morgan fingerprint density at radius 3 is 2.50 bits per heavy atom. The molecule has 0 unspecified atom stereocenters. The molecule has 0 aliphatic rings. The van der Waals surface area contributed by atoms with Crippen LogP contribution in [0.4, 0.5) is 5.69 Å². The molecule has 0 fully saturated rings. The number of carbonyl (C=O) groups is 1. The first kappa shape index (κ1) is 13.8. The van der Waals surface area contributed by atoms with Crippen LogP contribution in [0, 0.1) is 0 Å². The molecule has 0 bridgehead atoms. The van der Waals surface area contributed by atoms with Gasteiger partial charge < -0.3 is 9.52 Å². The number of fused-ring (bicyclic) bond motifs is 1. The summed E-state index contributed by atoms with van der Waals surface area (Å²) in [5.41, 5.74) is 0.991. The molecular weight excluding hydrogens is 280 g/mol. The highest BCUT2D eigenvalue weighted by Crippen LogP contribution is 2.22. The van der Waals surface area contributed by atoms with E-state index in [1.165, 1.54) is 0 Å². The Kier molecular flexibility index (Phi) is 3.78. The van der Waals surface area contributed by atoms with E-state index in [9.17, 15) is 9.90 Å². The predicted octanol–water partition coefficient (Wildman–Crippen LogP) is 4.80. The van der Waals surface area contributed by atoms with Crippen molar-refractivity contribution in [3.05, 3.63) is 78.4 Å². The second kappa shape index (κ2) is 6.05. The number of aliphatic hydroxyl groups excluding tert-OH is 1. The third kappa shape index (κ3) is 2.78. The van der Waals surface area contributed by atoms with Gasteiger partial charge in [0.1, 0.15) is 11.8 Å². The first-order chi connectivity index (χ1) is 10.8. The largest absolute Gasteiger partial charge is 0.513 e. The van der Waals surface area contributed by atoms with E-state index in [-0.39, 0.29) is 11.5 Å². The van der Waals surface area contributed by atoms with Gasteiger partial charge in [0.05, 0.1) is 5.69 Å². The van der Waals surface area contributed by atoms with E-state index in [1.807, 2.05) is 24.3 Å². The quantitative estimate of drug-likeness (QED) is 0.325. The number of hydrogen-bond acceptors (Lipinski definition) is 5. The number of para-hydroxylation sites is 1. The summed E-state index contributed by atoms with van der Waals surface area (Å²) in [4.78, 5) is 12.3. The van der Waals surface area contributed by atoms with Gasteiger partial charge in [-0.1, -0.05) is 36.4 Å². The maximum Gasteiger partial charge on any atom is 0.251 e. The number of allylic oxidation sites excluding steroid dienone is 1. The molecule has 0 aliphatic heterocycles. The van der Waals surface area contributed by atoms with Gasteiger partial charge in [0.15, 0.2) is 11.5 Å². The highest BCUT2D eigenvalue weighted by Gasteiger charge is 2.17.